The van der Waals surface area contributed by atoms with Crippen LogP contribution in [0.3, 0.4) is 0 Å². The van der Waals surface area contributed by atoms with E-state index in [0.29, 0.717) is 0 Å². The van der Waals surface area contributed by atoms with E-state index in [0.717, 1.165) is 101 Å². The first-order valence-electron chi connectivity index (χ1n) is 28.7. The minimum atomic E-state index is -0.784. The maximum absolute atomic E-state index is 5.07. The number of pyridine rings is 4. The number of aromatic nitrogens is 8. The summed E-state index contributed by atoms with van der Waals surface area (Å²) in [4.78, 5) is 28.8. The van der Waals surface area contributed by atoms with Gasteiger partial charge in [0.1, 0.15) is 0 Å². The van der Waals surface area contributed by atoms with Gasteiger partial charge in [-0.3, -0.25) is 19.9 Å². The van der Waals surface area contributed by atoms with Gasteiger partial charge in [-0.1, -0.05) is 133 Å². The van der Waals surface area contributed by atoms with Crippen LogP contribution in [0.5, 0.6) is 0 Å². The standard InChI is InChI=1S/2C37H25N6.2Pt/c1-42-21-22-43(24-42)37(32-16-5-3-12-28(32)30-14-8-19-39-35(30)37)26-10-6-9-25(23-26)36(33-17-20-40-41-33)31-15-4-2-11-27(31)29-13-7-18-38-34(29)36;1-42-22-23-43(24-42)37(32-13-5-3-9-28(32)30-11-7-20-39-35(30)37)26-16-14-25(15-17-26)36(33-18-21-40-41-33)31-12-4-2-8-27(31)29-10-6-19-38-34(29)36;;/h2-22,24H,1H3;2-14,16-24H,1H3;;/q2*-3;;. The first-order chi connectivity index (χ1) is 42.5. The van der Waals surface area contributed by atoms with Crippen molar-refractivity contribution in [2.45, 2.75) is 21.9 Å². The molecule has 0 amide bonds. The smallest absolute Gasteiger partial charge is 0.0860 e. The third-order valence-corrected chi connectivity index (χ3v) is 18.3. The summed E-state index contributed by atoms with van der Waals surface area (Å²) >= 11 is 0. The van der Waals surface area contributed by atoms with Crippen molar-refractivity contribution in [3.05, 3.63) is 360 Å². The van der Waals surface area contributed by atoms with Crippen LogP contribution in [0.25, 0.3) is 44.5 Å². The number of benzene rings is 6. The molecule has 0 bridgehead atoms. The zero-order valence-corrected chi connectivity index (χ0v) is 51.9. The molecule has 2 aliphatic heterocycles. The molecule has 0 radical (unpaired) electrons. The van der Waals surface area contributed by atoms with Crippen LogP contribution in [0.4, 0.5) is 0 Å². The van der Waals surface area contributed by atoms with E-state index in [-0.39, 0.29) is 42.1 Å². The van der Waals surface area contributed by atoms with Crippen molar-refractivity contribution in [2.24, 2.45) is 0 Å². The maximum atomic E-state index is 5.07. The van der Waals surface area contributed by atoms with Crippen molar-refractivity contribution in [2.75, 3.05) is 14.1 Å². The van der Waals surface area contributed by atoms with Crippen LogP contribution in [0, 0.1) is 25.5 Å². The molecule has 88 heavy (non-hydrogen) atoms. The van der Waals surface area contributed by atoms with E-state index in [1.165, 1.54) is 22.3 Å². The minimum absolute atomic E-state index is 0. The summed E-state index contributed by atoms with van der Waals surface area (Å²) in [6.07, 6.45) is 19.4. The zero-order chi connectivity index (χ0) is 57.2. The topological polar surface area (TPSA) is 119 Å². The van der Waals surface area contributed by atoms with Crippen LogP contribution in [0.15, 0.2) is 256 Å². The molecule has 18 rings (SSSR count). The van der Waals surface area contributed by atoms with Gasteiger partial charge in [0.2, 0.25) is 0 Å². The summed E-state index contributed by atoms with van der Waals surface area (Å²) in [5, 5.41) is 17.9. The molecule has 12 aromatic rings. The molecule has 0 saturated heterocycles. The van der Waals surface area contributed by atoms with Gasteiger partial charge in [0.15, 0.2) is 0 Å². The number of nitrogens with zero attached hydrogens (tertiary/aromatic N) is 12. The Morgan fingerprint density at radius 1 is 0.375 bits per heavy atom. The molecule has 0 N–H and O–H groups in total. The summed E-state index contributed by atoms with van der Waals surface area (Å²) in [5.41, 5.74) is 20.4. The Balaban J connectivity index is 0.000000144. The van der Waals surface area contributed by atoms with Crippen LogP contribution >= 0.6 is 0 Å². The van der Waals surface area contributed by atoms with Gasteiger partial charge < -0.3 is 40.0 Å². The van der Waals surface area contributed by atoms with E-state index in [1.54, 1.807) is 12.4 Å². The average Bonchev–Trinajstić information content (AvgIpc) is 1.68. The summed E-state index contributed by atoms with van der Waals surface area (Å²) in [6, 6.07) is 75.8. The molecule has 12 nitrogen and oxygen atoms in total. The monoisotopic (exact) mass is 1500 g/mol. The normalized spacial score (nSPS) is 20.6. The van der Waals surface area contributed by atoms with Gasteiger partial charge in [-0.2, -0.15) is 74.3 Å². The van der Waals surface area contributed by atoms with Crippen LogP contribution in [-0.4, -0.2) is 63.8 Å². The van der Waals surface area contributed by atoms with E-state index in [9.17, 15) is 0 Å². The molecule has 4 unspecified atom stereocenters. The Kier molecular flexibility index (Phi) is 13.2. The molecule has 4 aliphatic carbocycles. The third-order valence-electron chi connectivity index (χ3n) is 18.3. The number of fused-ring (bicyclic) bond motifs is 12. The summed E-state index contributed by atoms with van der Waals surface area (Å²) in [6.45, 7) is 4.25. The quantitative estimate of drug-likeness (QED) is 0.135. The Morgan fingerprint density at radius 3 is 1.25 bits per heavy atom. The molecule has 0 saturated carbocycles. The molecule has 6 aromatic heterocycles. The second-order valence-corrected chi connectivity index (χ2v) is 22.5. The molecular weight excluding hydrogens is 1450 g/mol. The maximum Gasteiger partial charge on any atom is 0.0860 e. The largest absolute Gasteiger partial charge is 0.581 e. The Labute approximate surface area is 539 Å². The van der Waals surface area contributed by atoms with Crippen molar-refractivity contribution in [1.29, 1.82) is 0 Å². The molecule has 8 heterocycles. The van der Waals surface area contributed by atoms with E-state index in [2.05, 4.69) is 243 Å². The number of hydrogen-bond acceptors (Lipinski definition) is 10. The van der Waals surface area contributed by atoms with E-state index < -0.39 is 21.9 Å². The van der Waals surface area contributed by atoms with Crippen molar-refractivity contribution in [3.8, 4) is 44.5 Å². The fourth-order valence-electron chi connectivity index (χ4n) is 15.0. The first kappa shape index (κ1) is 55.0. The van der Waals surface area contributed by atoms with Crippen molar-refractivity contribution in [1.82, 2.24) is 59.9 Å². The molecule has 6 aromatic carbocycles. The minimum Gasteiger partial charge on any atom is -0.581 e. The van der Waals surface area contributed by atoms with Gasteiger partial charge in [0.25, 0.3) is 0 Å². The van der Waals surface area contributed by atoms with Crippen LogP contribution in [-0.2, 0) is 64.0 Å². The van der Waals surface area contributed by atoms with Crippen molar-refractivity contribution in [3.63, 3.8) is 0 Å². The predicted octanol–water partition coefficient (Wildman–Crippen LogP) is 12.2. The zero-order valence-electron chi connectivity index (χ0n) is 47.4. The Hall–Kier alpha value is -9.60. The second kappa shape index (κ2) is 21.1. The van der Waals surface area contributed by atoms with Crippen LogP contribution in [0.1, 0.15) is 78.7 Å². The van der Waals surface area contributed by atoms with Gasteiger partial charge in [0.05, 0.1) is 44.7 Å². The van der Waals surface area contributed by atoms with Gasteiger partial charge >= 0.3 is 0 Å². The fraction of sp³-hybridized carbons (Fsp3) is 0.0811. The SMILES string of the molecule is CN1C=CN(C2(c3[c-]c(C4(c5cc[n-]n5)c5ccccc5-c5cccnc54)ccc3)c3ccccc3-c3cccnc32)[CH-]1.CN1C=CN(C2(c3c[c-]c(C4(c5cc[n-]n5)c5ccccc5-c5cccnc54)cc3)c3ccccc3-c3cccnc32)[CH-]1.[Pt].[Pt]. The predicted molar refractivity (Wildman–Crippen MR) is 328 cm³/mol. The summed E-state index contributed by atoms with van der Waals surface area (Å²) in [7, 11) is 4.10. The average molecular weight is 1500 g/mol. The molecule has 14 heteroatoms. The first-order valence-corrected chi connectivity index (χ1v) is 28.7. The van der Waals surface area contributed by atoms with Gasteiger partial charge in [-0.15, -0.1) is 22.3 Å². The molecular formula is C74H50N12Pt2-6. The van der Waals surface area contributed by atoms with Crippen LogP contribution in [0.2, 0.25) is 0 Å². The molecule has 0 spiro atoms. The fourth-order valence-corrected chi connectivity index (χ4v) is 15.0. The van der Waals surface area contributed by atoms with Gasteiger partial charge in [0, 0.05) is 101 Å². The van der Waals surface area contributed by atoms with E-state index in [1.807, 2.05) is 75.3 Å². The van der Waals surface area contributed by atoms with Gasteiger partial charge in [-0.05, 0) is 108 Å². The molecule has 4 atom stereocenters. The number of hydrogen-bond donors (Lipinski definition) is 0. The number of rotatable bonds is 8. The van der Waals surface area contributed by atoms with Gasteiger partial charge in [-0.25, -0.2) is 0 Å². The van der Waals surface area contributed by atoms with Crippen molar-refractivity contribution < 1.29 is 42.1 Å². The molecule has 0 fully saturated rings. The third kappa shape index (κ3) is 7.39. The Morgan fingerprint density at radius 2 is 0.784 bits per heavy atom. The Bertz CT molecular complexity index is 4530. The van der Waals surface area contributed by atoms with E-state index in [4.69, 9.17) is 25.0 Å². The molecule has 6 aliphatic rings. The molecule has 432 valence electrons. The second-order valence-electron chi connectivity index (χ2n) is 22.5. The van der Waals surface area contributed by atoms with Crippen molar-refractivity contribution >= 4 is 0 Å². The van der Waals surface area contributed by atoms with Crippen LogP contribution < -0.4 is 10.2 Å². The summed E-state index contributed by atoms with van der Waals surface area (Å²) in [5.74, 6) is 0. The summed E-state index contributed by atoms with van der Waals surface area (Å²) < 4.78 is 0. The van der Waals surface area contributed by atoms with E-state index >= 15 is 0 Å².